The van der Waals surface area contributed by atoms with E-state index in [1.807, 2.05) is 26.8 Å². The van der Waals surface area contributed by atoms with Crippen LogP contribution in [-0.2, 0) is 12.0 Å². The average Bonchev–Trinajstić information content (AvgIpc) is 3.41. The molecule has 0 spiro atoms. The van der Waals surface area contributed by atoms with E-state index in [1.165, 1.54) is 12.4 Å². The first-order valence-electron chi connectivity index (χ1n) is 9.56. The van der Waals surface area contributed by atoms with Gasteiger partial charge in [0.05, 0.1) is 11.2 Å². The number of rotatable bonds is 5. The molecule has 1 amide bonds. The minimum Gasteiger partial charge on any atom is -0.345 e. The zero-order valence-corrected chi connectivity index (χ0v) is 18.4. The number of carbonyl (C=O) groups excluding carboxylic acids is 1. The van der Waals surface area contributed by atoms with Crippen molar-refractivity contribution in [2.45, 2.75) is 39.2 Å². The third kappa shape index (κ3) is 4.59. The Labute approximate surface area is 188 Å². The molecule has 0 aliphatic heterocycles. The smallest absolute Gasteiger partial charge is 0.292 e. The Balaban J connectivity index is 0.00000289. The number of nitrogens with zero attached hydrogens (tertiary/aromatic N) is 5. The zero-order chi connectivity index (χ0) is 22.2. The molecule has 0 aliphatic carbocycles. The number of carbonyl (C=O) groups is 1. The molecule has 0 aliphatic rings. The monoisotopic (exact) mass is 462 g/mol. The number of hydrogen-bond acceptors (Lipinski definition) is 6. The van der Waals surface area contributed by atoms with Crippen molar-refractivity contribution in [3.8, 4) is 11.3 Å². The minimum atomic E-state index is -2.73. The van der Waals surface area contributed by atoms with E-state index in [-0.39, 0.29) is 35.9 Å². The number of fused-ring (bicyclic) bond motifs is 1. The van der Waals surface area contributed by atoms with Crippen LogP contribution in [0.4, 0.5) is 8.78 Å². The highest BCUT2D eigenvalue weighted by Crippen LogP contribution is 2.30. The molecule has 0 saturated heterocycles. The summed E-state index contributed by atoms with van der Waals surface area (Å²) in [6.07, 6.45) is 0.394. The Morgan fingerprint density at radius 1 is 1.25 bits per heavy atom. The molecule has 8 nitrogen and oxygen atoms in total. The Bertz CT molecular complexity index is 1250. The summed E-state index contributed by atoms with van der Waals surface area (Å²) in [6, 6.07) is 8.23. The van der Waals surface area contributed by atoms with Crippen LogP contribution in [0.15, 0.2) is 47.4 Å². The number of hydrogen-bond donors (Lipinski definition) is 1. The van der Waals surface area contributed by atoms with Gasteiger partial charge in [-0.2, -0.15) is 10.1 Å². The second-order valence-electron chi connectivity index (χ2n) is 8.02. The van der Waals surface area contributed by atoms with Crippen LogP contribution in [0.1, 0.15) is 54.8 Å². The molecule has 4 rings (SSSR count). The van der Waals surface area contributed by atoms with Gasteiger partial charge in [0.25, 0.3) is 18.2 Å². The summed E-state index contributed by atoms with van der Waals surface area (Å²) in [6.45, 7) is 5.51. The third-order valence-corrected chi connectivity index (χ3v) is 4.70. The SMILES string of the molecule is CC(C)(C)c1nc(C(=O)NCc2ccc(-c3ncnn4cccc34)cc2C(F)F)no1.Cl. The molecule has 3 heterocycles. The number of amides is 1. The Kier molecular flexibility index (Phi) is 6.54. The molecule has 0 atom stereocenters. The molecule has 0 fully saturated rings. The molecule has 168 valence electrons. The first-order chi connectivity index (χ1) is 14.7. The van der Waals surface area contributed by atoms with Crippen LogP contribution in [0, 0.1) is 0 Å². The van der Waals surface area contributed by atoms with Crippen molar-refractivity contribution in [1.29, 1.82) is 0 Å². The lowest BCUT2D eigenvalue weighted by molar-refractivity contribution is 0.0935. The van der Waals surface area contributed by atoms with Crippen molar-refractivity contribution in [2.24, 2.45) is 0 Å². The Morgan fingerprint density at radius 2 is 2.03 bits per heavy atom. The van der Waals surface area contributed by atoms with Gasteiger partial charge in [0.1, 0.15) is 6.33 Å². The van der Waals surface area contributed by atoms with Crippen molar-refractivity contribution in [1.82, 2.24) is 30.1 Å². The van der Waals surface area contributed by atoms with E-state index in [1.54, 1.807) is 28.9 Å². The van der Waals surface area contributed by atoms with Gasteiger partial charge in [-0.1, -0.05) is 38.1 Å². The van der Waals surface area contributed by atoms with Crippen molar-refractivity contribution >= 4 is 23.8 Å². The molecule has 4 aromatic rings. The largest absolute Gasteiger partial charge is 0.345 e. The molecular weight excluding hydrogens is 442 g/mol. The van der Waals surface area contributed by atoms with Gasteiger partial charge in [-0.25, -0.2) is 18.3 Å². The van der Waals surface area contributed by atoms with Crippen LogP contribution in [0.5, 0.6) is 0 Å². The Morgan fingerprint density at radius 3 is 2.72 bits per heavy atom. The van der Waals surface area contributed by atoms with Gasteiger partial charge in [0, 0.05) is 29.3 Å². The standard InChI is InChI=1S/C21H20F2N6O2.ClH/c1-21(2,3)20-27-18(28-31-20)19(30)24-10-13-7-6-12(9-14(13)17(22)23)16-15-5-4-8-29(15)26-11-25-16;/h4-9,11,17H,10H2,1-3H3,(H,24,30);1H. The molecule has 3 aromatic heterocycles. The fourth-order valence-electron chi connectivity index (χ4n) is 3.07. The quantitative estimate of drug-likeness (QED) is 0.473. The number of alkyl halides is 2. The summed E-state index contributed by atoms with van der Waals surface area (Å²) in [5.74, 6) is -0.428. The fourth-order valence-corrected chi connectivity index (χ4v) is 3.07. The molecular formula is C21H21ClF2N6O2. The summed E-state index contributed by atoms with van der Waals surface area (Å²) in [5.41, 5.74) is 1.46. The average molecular weight is 463 g/mol. The van der Waals surface area contributed by atoms with E-state index in [0.717, 1.165) is 0 Å². The van der Waals surface area contributed by atoms with Crippen molar-refractivity contribution < 1.29 is 18.1 Å². The summed E-state index contributed by atoms with van der Waals surface area (Å²) in [7, 11) is 0. The minimum absolute atomic E-state index is 0. The van der Waals surface area contributed by atoms with Gasteiger partial charge in [-0.3, -0.25) is 4.79 Å². The second kappa shape index (κ2) is 8.99. The lowest BCUT2D eigenvalue weighted by Crippen LogP contribution is -2.25. The van der Waals surface area contributed by atoms with Gasteiger partial charge in [0.2, 0.25) is 5.89 Å². The maximum absolute atomic E-state index is 13.8. The zero-order valence-electron chi connectivity index (χ0n) is 17.5. The number of nitrogens with one attached hydrogen (secondary N) is 1. The summed E-state index contributed by atoms with van der Waals surface area (Å²) in [4.78, 5) is 20.7. The predicted octanol–water partition coefficient (Wildman–Crippen LogP) is 4.37. The van der Waals surface area contributed by atoms with Crippen LogP contribution in [-0.4, -0.2) is 30.6 Å². The van der Waals surface area contributed by atoms with Crippen LogP contribution in [0.2, 0.25) is 0 Å². The normalized spacial score (nSPS) is 11.6. The molecule has 1 N–H and O–H groups in total. The summed E-state index contributed by atoms with van der Waals surface area (Å²) in [5, 5.41) is 10.3. The van der Waals surface area contributed by atoms with E-state index >= 15 is 0 Å². The van der Waals surface area contributed by atoms with Gasteiger partial charge in [-0.15, -0.1) is 12.4 Å². The van der Waals surface area contributed by atoms with Crippen molar-refractivity contribution in [2.75, 3.05) is 0 Å². The highest BCUT2D eigenvalue weighted by atomic mass is 35.5. The number of aromatic nitrogens is 5. The van der Waals surface area contributed by atoms with Gasteiger partial charge in [-0.05, 0) is 23.8 Å². The highest BCUT2D eigenvalue weighted by molar-refractivity contribution is 5.90. The number of benzene rings is 1. The fraction of sp³-hybridized carbons (Fsp3) is 0.286. The van der Waals surface area contributed by atoms with Crippen LogP contribution in [0.25, 0.3) is 16.8 Å². The van der Waals surface area contributed by atoms with E-state index in [0.29, 0.717) is 22.7 Å². The molecule has 0 bridgehead atoms. The third-order valence-electron chi connectivity index (χ3n) is 4.70. The first kappa shape index (κ1) is 23.3. The van der Waals surface area contributed by atoms with Gasteiger partial charge < -0.3 is 9.84 Å². The molecule has 0 saturated carbocycles. The maximum Gasteiger partial charge on any atom is 0.292 e. The maximum atomic E-state index is 13.8. The molecule has 32 heavy (non-hydrogen) atoms. The van der Waals surface area contributed by atoms with Crippen LogP contribution < -0.4 is 5.32 Å². The van der Waals surface area contributed by atoms with E-state index in [9.17, 15) is 13.6 Å². The lowest BCUT2D eigenvalue weighted by Gasteiger charge is -2.12. The molecule has 1 aromatic carbocycles. The Hall–Kier alpha value is -3.40. The van der Waals surface area contributed by atoms with E-state index < -0.39 is 17.7 Å². The van der Waals surface area contributed by atoms with Gasteiger partial charge >= 0.3 is 0 Å². The van der Waals surface area contributed by atoms with Crippen LogP contribution in [0.3, 0.4) is 0 Å². The molecule has 0 radical (unpaired) electrons. The molecule has 0 unspecified atom stereocenters. The van der Waals surface area contributed by atoms with Crippen molar-refractivity contribution in [3.05, 3.63) is 65.7 Å². The number of halogens is 3. The predicted molar refractivity (Wildman–Crippen MR) is 115 cm³/mol. The van der Waals surface area contributed by atoms with E-state index in [4.69, 9.17) is 4.52 Å². The lowest BCUT2D eigenvalue weighted by atomic mass is 9.97. The van der Waals surface area contributed by atoms with Gasteiger partial charge in [0.15, 0.2) is 0 Å². The van der Waals surface area contributed by atoms with E-state index in [2.05, 4.69) is 25.5 Å². The molecule has 11 heteroatoms. The first-order valence-corrected chi connectivity index (χ1v) is 9.56. The highest BCUT2D eigenvalue weighted by Gasteiger charge is 2.24. The topological polar surface area (TPSA) is 98.2 Å². The second-order valence-corrected chi connectivity index (χ2v) is 8.02. The summed E-state index contributed by atoms with van der Waals surface area (Å²) >= 11 is 0. The van der Waals surface area contributed by atoms with Crippen LogP contribution >= 0.6 is 12.4 Å². The van der Waals surface area contributed by atoms with Crippen molar-refractivity contribution in [3.63, 3.8) is 0 Å². The summed E-state index contributed by atoms with van der Waals surface area (Å²) < 4.78 is 34.3.